The van der Waals surface area contributed by atoms with Gasteiger partial charge in [0, 0.05) is 11.3 Å². The molecule has 2 heterocycles. The third-order valence-electron chi connectivity index (χ3n) is 3.85. The van der Waals surface area contributed by atoms with E-state index in [2.05, 4.69) is 15.4 Å². The molecule has 2 aromatic heterocycles. The molecular weight excluding hydrogens is 319 g/mol. The molecule has 4 rings (SSSR count). The molecule has 4 aromatic rings. The van der Waals surface area contributed by atoms with Crippen molar-refractivity contribution in [3.05, 3.63) is 72.5 Å². The van der Waals surface area contributed by atoms with E-state index in [0.717, 1.165) is 28.3 Å². The lowest BCUT2D eigenvalue weighted by atomic mass is 10.1. The lowest BCUT2D eigenvalue weighted by Crippen LogP contribution is -1.96. The van der Waals surface area contributed by atoms with Crippen molar-refractivity contribution < 1.29 is 9.13 Å². The van der Waals surface area contributed by atoms with Crippen LogP contribution in [0.1, 0.15) is 0 Å². The van der Waals surface area contributed by atoms with Crippen molar-refractivity contribution in [2.24, 2.45) is 0 Å². The summed E-state index contributed by atoms with van der Waals surface area (Å²) in [6.45, 7) is 0. The molecule has 0 atom stereocenters. The quantitative estimate of drug-likeness (QED) is 0.605. The van der Waals surface area contributed by atoms with Gasteiger partial charge in [-0.25, -0.2) is 8.91 Å². The van der Waals surface area contributed by atoms with Gasteiger partial charge in [-0.05, 0) is 60.7 Å². The highest BCUT2D eigenvalue weighted by Crippen LogP contribution is 2.24. The van der Waals surface area contributed by atoms with Gasteiger partial charge in [-0.2, -0.15) is 4.98 Å². The second-order valence-electron chi connectivity index (χ2n) is 5.48. The lowest BCUT2D eigenvalue weighted by Gasteiger charge is -2.05. The molecule has 0 fully saturated rings. The number of halogens is 1. The van der Waals surface area contributed by atoms with Crippen LogP contribution >= 0.6 is 0 Å². The Morgan fingerprint density at radius 2 is 1.72 bits per heavy atom. The first-order valence-corrected chi connectivity index (χ1v) is 7.76. The normalized spacial score (nSPS) is 10.8. The van der Waals surface area contributed by atoms with E-state index in [1.54, 1.807) is 23.8 Å². The van der Waals surface area contributed by atoms with Crippen LogP contribution in [-0.4, -0.2) is 21.7 Å². The second kappa shape index (κ2) is 6.24. The zero-order valence-electron chi connectivity index (χ0n) is 13.5. The Bertz CT molecular complexity index is 1010. The summed E-state index contributed by atoms with van der Waals surface area (Å²) >= 11 is 0. The van der Waals surface area contributed by atoms with Crippen LogP contribution in [0.2, 0.25) is 0 Å². The number of anilines is 2. The van der Waals surface area contributed by atoms with Crippen molar-refractivity contribution >= 4 is 17.3 Å². The molecule has 0 bridgehead atoms. The highest BCUT2D eigenvalue weighted by atomic mass is 19.1. The molecule has 0 spiro atoms. The summed E-state index contributed by atoms with van der Waals surface area (Å²) in [5.74, 6) is 0.969. The minimum atomic E-state index is -0.282. The monoisotopic (exact) mass is 334 g/mol. The Morgan fingerprint density at radius 3 is 2.44 bits per heavy atom. The van der Waals surface area contributed by atoms with Crippen molar-refractivity contribution in [1.29, 1.82) is 0 Å². The third-order valence-corrected chi connectivity index (χ3v) is 3.85. The summed E-state index contributed by atoms with van der Waals surface area (Å²) in [5, 5.41) is 7.61. The summed E-state index contributed by atoms with van der Waals surface area (Å²) in [6.07, 6.45) is 0. The number of aromatic nitrogens is 3. The van der Waals surface area contributed by atoms with E-state index in [-0.39, 0.29) is 5.82 Å². The maximum absolute atomic E-state index is 13.0. The summed E-state index contributed by atoms with van der Waals surface area (Å²) < 4.78 is 20.0. The molecule has 124 valence electrons. The van der Waals surface area contributed by atoms with E-state index in [0.29, 0.717) is 5.95 Å². The predicted octanol–water partition coefficient (Wildman–Crippen LogP) is 4.29. The van der Waals surface area contributed by atoms with Crippen molar-refractivity contribution in [2.75, 3.05) is 12.4 Å². The maximum Gasteiger partial charge on any atom is 0.247 e. The van der Waals surface area contributed by atoms with Gasteiger partial charge in [0.25, 0.3) is 0 Å². The molecule has 0 radical (unpaired) electrons. The molecule has 0 saturated heterocycles. The van der Waals surface area contributed by atoms with E-state index < -0.39 is 0 Å². The van der Waals surface area contributed by atoms with Gasteiger partial charge in [-0.15, -0.1) is 5.10 Å². The van der Waals surface area contributed by atoms with Crippen molar-refractivity contribution in [1.82, 2.24) is 14.6 Å². The number of nitrogens with zero attached hydrogens (tertiary/aromatic N) is 3. The minimum Gasteiger partial charge on any atom is -0.497 e. The summed E-state index contributed by atoms with van der Waals surface area (Å²) in [4.78, 5) is 4.47. The van der Waals surface area contributed by atoms with Crippen molar-refractivity contribution in [3.8, 4) is 17.0 Å². The number of benzene rings is 2. The molecule has 6 heteroatoms. The standard InChI is InChI=1S/C19H15FN4O/c1-25-16-11-5-13(6-12-16)17-3-2-4-18-22-19(23-24(17)18)21-15-9-7-14(20)8-10-15/h2-12H,1H3,(H,21,23). The minimum absolute atomic E-state index is 0.282. The molecule has 2 aromatic carbocycles. The maximum atomic E-state index is 13.0. The van der Waals surface area contributed by atoms with Crippen LogP contribution in [0.5, 0.6) is 5.75 Å². The van der Waals surface area contributed by atoms with Crippen LogP contribution in [0.4, 0.5) is 16.0 Å². The first-order valence-electron chi connectivity index (χ1n) is 7.76. The molecular formula is C19H15FN4O. The Kier molecular flexibility index (Phi) is 3.78. The van der Waals surface area contributed by atoms with E-state index >= 15 is 0 Å². The zero-order valence-corrected chi connectivity index (χ0v) is 13.5. The van der Waals surface area contributed by atoms with Crippen LogP contribution in [0.3, 0.4) is 0 Å². The zero-order chi connectivity index (χ0) is 17.2. The Hall–Kier alpha value is -3.41. The van der Waals surface area contributed by atoms with E-state index in [1.807, 2.05) is 42.5 Å². The highest BCUT2D eigenvalue weighted by Gasteiger charge is 2.09. The van der Waals surface area contributed by atoms with Gasteiger partial charge in [0.1, 0.15) is 11.6 Å². The van der Waals surface area contributed by atoms with Crippen molar-refractivity contribution in [3.63, 3.8) is 0 Å². The van der Waals surface area contributed by atoms with Gasteiger partial charge in [0.05, 0.1) is 12.8 Å². The summed E-state index contributed by atoms with van der Waals surface area (Å²) in [7, 11) is 1.64. The molecule has 0 aliphatic rings. The molecule has 5 nitrogen and oxygen atoms in total. The fraction of sp³-hybridized carbons (Fsp3) is 0.0526. The van der Waals surface area contributed by atoms with Crippen LogP contribution in [0, 0.1) is 5.82 Å². The molecule has 0 unspecified atom stereocenters. The average molecular weight is 334 g/mol. The number of methoxy groups -OCH3 is 1. The Balaban J connectivity index is 1.71. The molecule has 0 amide bonds. The summed E-state index contributed by atoms with van der Waals surface area (Å²) in [5.41, 5.74) is 3.37. The first-order chi connectivity index (χ1) is 12.2. The van der Waals surface area contributed by atoms with Crippen LogP contribution in [0.25, 0.3) is 16.9 Å². The number of rotatable bonds is 4. The Morgan fingerprint density at radius 1 is 0.960 bits per heavy atom. The van der Waals surface area contributed by atoms with Crippen LogP contribution in [0.15, 0.2) is 66.7 Å². The molecule has 0 aliphatic heterocycles. The third kappa shape index (κ3) is 3.01. The number of ether oxygens (including phenoxy) is 1. The Labute approximate surface area is 143 Å². The van der Waals surface area contributed by atoms with E-state index in [1.165, 1.54) is 12.1 Å². The van der Waals surface area contributed by atoms with Crippen LogP contribution in [-0.2, 0) is 0 Å². The van der Waals surface area contributed by atoms with Gasteiger partial charge in [0.15, 0.2) is 5.65 Å². The lowest BCUT2D eigenvalue weighted by molar-refractivity contribution is 0.415. The average Bonchev–Trinajstić information content (AvgIpc) is 3.06. The molecule has 0 saturated carbocycles. The van der Waals surface area contributed by atoms with E-state index in [4.69, 9.17) is 4.74 Å². The number of fused-ring (bicyclic) bond motifs is 1. The van der Waals surface area contributed by atoms with Gasteiger partial charge in [-0.3, -0.25) is 0 Å². The van der Waals surface area contributed by atoms with Gasteiger partial charge in [-0.1, -0.05) is 6.07 Å². The predicted molar refractivity (Wildman–Crippen MR) is 94.7 cm³/mol. The van der Waals surface area contributed by atoms with Crippen molar-refractivity contribution in [2.45, 2.75) is 0 Å². The highest BCUT2D eigenvalue weighted by molar-refractivity contribution is 5.65. The number of pyridine rings is 1. The van der Waals surface area contributed by atoms with E-state index in [9.17, 15) is 4.39 Å². The first kappa shape index (κ1) is 15.1. The fourth-order valence-electron chi connectivity index (χ4n) is 2.60. The smallest absolute Gasteiger partial charge is 0.247 e. The molecule has 0 aliphatic carbocycles. The van der Waals surface area contributed by atoms with Gasteiger partial charge in [0.2, 0.25) is 5.95 Å². The number of nitrogens with one attached hydrogen (secondary N) is 1. The number of hydrogen-bond donors (Lipinski definition) is 1. The molecule has 25 heavy (non-hydrogen) atoms. The number of hydrogen-bond acceptors (Lipinski definition) is 4. The van der Waals surface area contributed by atoms with Crippen LogP contribution < -0.4 is 10.1 Å². The fourth-order valence-corrected chi connectivity index (χ4v) is 2.60. The molecule has 1 N–H and O–H groups in total. The van der Waals surface area contributed by atoms with Gasteiger partial charge < -0.3 is 10.1 Å². The second-order valence-corrected chi connectivity index (χ2v) is 5.48. The topological polar surface area (TPSA) is 51.5 Å². The SMILES string of the molecule is COc1ccc(-c2cccc3nc(Nc4ccc(F)cc4)nn23)cc1. The summed E-state index contributed by atoms with van der Waals surface area (Å²) in [6, 6.07) is 19.6. The van der Waals surface area contributed by atoms with Gasteiger partial charge >= 0.3 is 0 Å². The largest absolute Gasteiger partial charge is 0.497 e.